The topological polar surface area (TPSA) is 44.8 Å². The van der Waals surface area contributed by atoms with Gasteiger partial charge in [0.05, 0.1) is 21.3 Å². The zero-order valence-corrected chi connectivity index (χ0v) is 18.9. The molecule has 0 amide bonds. The van der Waals surface area contributed by atoms with Gasteiger partial charge >= 0.3 is 5.97 Å². The molecule has 1 aliphatic carbocycles. The van der Waals surface area contributed by atoms with Crippen LogP contribution in [0.5, 0.6) is 11.5 Å². The second-order valence-corrected chi connectivity index (χ2v) is 8.04. The number of carbonyl (C=O) groups is 1. The molecule has 0 heterocycles. The van der Waals surface area contributed by atoms with Crippen LogP contribution in [0.4, 0.5) is 0 Å². The van der Waals surface area contributed by atoms with Gasteiger partial charge in [-0.3, -0.25) is 0 Å². The smallest absolute Gasteiger partial charge is 0.341 e. The number of aryl methyl sites for hydroxylation is 1. The van der Waals surface area contributed by atoms with Crippen molar-refractivity contribution in [3.8, 4) is 11.5 Å². The van der Waals surface area contributed by atoms with Crippen LogP contribution in [0.25, 0.3) is 0 Å². The summed E-state index contributed by atoms with van der Waals surface area (Å²) in [5.74, 6) is 1.31. The highest BCUT2D eigenvalue weighted by molar-refractivity contribution is 5.95. The highest BCUT2D eigenvalue weighted by atomic mass is 16.5. The molecule has 0 N–H and O–H groups in total. The average Bonchev–Trinajstić information content (AvgIpc) is 2.71. The van der Waals surface area contributed by atoms with Crippen LogP contribution in [0.2, 0.25) is 0 Å². The van der Waals surface area contributed by atoms with Gasteiger partial charge in [-0.15, -0.1) is 0 Å². The summed E-state index contributed by atoms with van der Waals surface area (Å²) in [6.45, 7) is 10.6. The van der Waals surface area contributed by atoms with Gasteiger partial charge in [-0.2, -0.15) is 0 Å². The third-order valence-corrected chi connectivity index (χ3v) is 5.94. The summed E-state index contributed by atoms with van der Waals surface area (Å²) >= 11 is 0. The van der Waals surface area contributed by atoms with Gasteiger partial charge in [0.25, 0.3) is 0 Å². The van der Waals surface area contributed by atoms with Crippen molar-refractivity contribution < 1.29 is 19.0 Å². The molecule has 2 rings (SSSR count). The van der Waals surface area contributed by atoms with Gasteiger partial charge in [-0.1, -0.05) is 43.6 Å². The Bertz CT molecular complexity index is 776. The van der Waals surface area contributed by atoms with E-state index in [1.165, 1.54) is 12.7 Å². The van der Waals surface area contributed by atoms with Crippen molar-refractivity contribution in [3.05, 3.63) is 46.6 Å². The molecule has 2 atom stereocenters. The molecule has 1 aromatic carbocycles. The van der Waals surface area contributed by atoms with Crippen LogP contribution in [0.3, 0.4) is 0 Å². The average molecular weight is 401 g/mol. The molecule has 0 bridgehead atoms. The number of methoxy groups -OCH3 is 3. The van der Waals surface area contributed by atoms with Crippen LogP contribution in [0, 0.1) is 5.92 Å². The van der Waals surface area contributed by atoms with Crippen LogP contribution in [-0.4, -0.2) is 27.3 Å². The number of rotatable bonds is 9. The van der Waals surface area contributed by atoms with E-state index in [0.29, 0.717) is 11.3 Å². The summed E-state index contributed by atoms with van der Waals surface area (Å²) in [4.78, 5) is 12.8. The Balaban J connectivity index is 2.74. The second kappa shape index (κ2) is 10.5. The molecule has 4 nitrogen and oxygen atoms in total. The first kappa shape index (κ1) is 23.1. The van der Waals surface area contributed by atoms with E-state index < -0.39 is 0 Å². The van der Waals surface area contributed by atoms with E-state index >= 15 is 0 Å². The molecule has 0 unspecified atom stereocenters. The number of esters is 1. The minimum atomic E-state index is -0.361. The molecule has 0 radical (unpaired) electrons. The molecule has 4 heteroatoms. The van der Waals surface area contributed by atoms with Gasteiger partial charge in [-0.25, -0.2) is 4.79 Å². The highest BCUT2D eigenvalue weighted by Crippen LogP contribution is 2.48. The summed E-state index contributed by atoms with van der Waals surface area (Å²) in [5, 5.41) is 0. The van der Waals surface area contributed by atoms with E-state index in [-0.39, 0.29) is 17.8 Å². The van der Waals surface area contributed by atoms with Gasteiger partial charge in [0, 0.05) is 11.5 Å². The Morgan fingerprint density at radius 2 is 1.93 bits per heavy atom. The van der Waals surface area contributed by atoms with E-state index in [4.69, 9.17) is 14.2 Å². The maximum atomic E-state index is 12.8. The lowest BCUT2D eigenvalue weighted by Crippen LogP contribution is -2.20. The Morgan fingerprint density at radius 3 is 2.48 bits per heavy atom. The van der Waals surface area contributed by atoms with Crippen LogP contribution < -0.4 is 9.47 Å². The molecule has 0 saturated heterocycles. The van der Waals surface area contributed by atoms with E-state index in [2.05, 4.69) is 33.4 Å². The molecule has 29 heavy (non-hydrogen) atoms. The van der Waals surface area contributed by atoms with Crippen molar-refractivity contribution in [3.63, 3.8) is 0 Å². The summed E-state index contributed by atoms with van der Waals surface area (Å²) in [6.07, 6.45) is 8.37. The zero-order chi connectivity index (χ0) is 21.6. The largest absolute Gasteiger partial charge is 0.496 e. The third-order valence-electron chi connectivity index (χ3n) is 5.94. The Labute approximate surface area is 175 Å². The van der Waals surface area contributed by atoms with Crippen LogP contribution in [-0.2, 0) is 11.2 Å². The zero-order valence-electron chi connectivity index (χ0n) is 18.9. The Hall–Kier alpha value is -2.23. The molecule has 1 aromatic rings. The van der Waals surface area contributed by atoms with Crippen molar-refractivity contribution in [1.29, 1.82) is 0 Å². The third kappa shape index (κ3) is 5.04. The predicted molar refractivity (Wildman–Crippen MR) is 118 cm³/mol. The van der Waals surface area contributed by atoms with E-state index in [9.17, 15) is 4.79 Å². The first-order valence-corrected chi connectivity index (χ1v) is 10.6. The van der Waals surface area contributed by atoms with Gasteiger partial charge in [0.2, 0.25) is 0 Å². The molecule has 1 aliphatic rings. The van der Waals surface area contributed by atoms with E-state index in [1.54, 1.807) is 14.2 Å². The molecule has 0 aromatic heterocycles. The fourth-order valence-corrected chi connectivity index (χ4v) is 4.39. The number of unbranched alkanes of at least 4 members (excludes halogenated alkanes) is 2. The lowest BCUT2D eigenvalue weighted by molar-refractivity contribution is 0.0595. The lowest BCUT2D eigenvalue weighted by atomic mass is 9.73. The minimum Gasteiger partial charge on any atom is -0.496 e. The van der Waals surface area contributed by atoms with Gasteiger partial charge < -0.3 is 14.2 Å². The monoisotopic (exact) mass is 400 g/mol. The number of hydrogen-bond acceptors (Lipinski definition) is 4. The molecular weight excluding hydrogens is 364 g/mol. The Morgan fingerprint density at radius 1 is 1.21 bits per heavy atom. The van der Waals surface area contributed by atoms with Crippen LogP contribution in [0.15, 0.2) is 29.9 Å². The van der Waals surface area contributed by atoms with Gasteiger partial charge in [0.1, 0.15) is 17.1 Å². The van der Waals surface area contributed by atoms with Crippen molar-refractivity contribution in [1.82, 2.24) is 0 Å². The minimum absolute atomic E-state index is 0.0549. The Kier molecular flexibility index (Phi) is 8.36. The number of hydrogen-bond donors (Lipinski definition) is 0. The quantitative estimate of drug-likeness (QED) is 0.280. The van der Waals surface area contributed by atoms with Gasteiger partial charge in [0.15, 0.2) is 0 Å². The molecule has 0 spiro atoms. The molecule has 0 aliphatic heterocycles. The van der Waals surface area contributed by atoms with Crippen LogP contribution in [0.1, 0.15) is 80.3 Å². The maximum absolute atomic E-state index is 12.8. The van der Waals surface area contributed by atoms with Crippen molar-refractivity contribution in [2.45, 2.75) is 65.2 Å². The van der Waals surface area contributed by atoms with E-state index in [1.807, 2.05) is 6.07 Å². The predicted octanol–water partition coefficient (Wildman–Crippen LogP) is 6.24. The summed E-state index contributed by atoms with van der Waals surface area (Å²) < 4.78 is 16.8. The summed E-state index contributed by atoms with van der Waals surface area (Å²) in [6, 6.07) is 2.01. The maximum Gasteiger partial charge on any atom is 0.341 e. The van der Waals surface area contributed by atoms with E-state index in [0.717, 1.165) is 61.0 Å². The van der Waals surface area contributed by atoms with Crippen LogP contribution >= 0.6 is 0 Å². The number of benzene rings is 1. The number of carbonyl (C=O) groups excluding carboxylic acids is 1. The molecule has 0 fully saturated rings. The number of ether oxygens (including phenoxy) is 3. The SMILES string of the molecule is C=C(C)[C@H]1CCC(C)=C[C@H]1c1c(OC)cc(CCCCC)c(C(=O)OC)c1OC. The fraction of sp³-hybridized carbons (Fsp3) is 0.560. The van der Waals surface area contributed by atoms with Crippen molar-refractivity contribution in [2.75, 3.05) is 21.3 Å². The highest BCUT2D eigenvalue weighted by Gasteiger charge is 2.34. The first-order chi connectivity index (χ1) is 13.9. The normalized spacial score (nSPS) is 18.8. The first-order valence-electron chi connectivity index (χ1n) is 10.6. The second-order valence-electron chi connectivity index (χ2n) is 8.04. The molecular formula is C25H36O4. The standard InChI is InChI=1S/C25H36O4/c1-8-9-10-11-18-15-21(27-5)23(24(28-6)22(18)25(26)29-7)20-14-17(4)12-13-19(20)16(2)3/h14-15,19-20H,2,8-13H2,1,3-7H3/t19-,20-/m1/s1. The summed E-state index contributed by atoms with van der Waals surface area (Å²) in [7, 11) is 4.72. The summed E-state index contributed by atoms with van der Waals surface area (Å²) in [5.41, 5.74) is 4.84. The number of allylic oxidation sites excluding steroid dienone is 3. The lowest BCUT2D eigenvalue weighted by Gasteiger charge is -2.33. The molecule has 0 saturated carbocycles. The van der Waals surface area contributed by atoms with Gasteiger partial charge in [-0.05, 0) is 57.1 Å². The molecule has 160 valence electrons. The fourth-order valence-electron chi connectivity index (χ4n) is 4.39. The van der Waals surface area contributed by atoms with Crippen molar-refractivity contribution in [2.24, 2.45) is 5.92 Å². The van der Waals surface area contributed by atoms with Crippen molar-refractivity contribution >= 4 is 5.97 Å².